The van der Waals surface area contributed by atoms with Crippen LogP contribution in [0.4, 0.5) is 0 Å². The zero-order chi connectivity index (χ0) is 23.8. The lowest BCUT2D eigenvalue weighted by atomic mass is 9.34. The number of nitrogens with zero attached hydrogens (tertiary/aromatic N) is 2. The van der Waals surface area contributed by atoms with E-state index in [1.165, 1.54) is 82.1 Å². The van der Waals surface area contributed by atoms with Gasteiger partial charge in [-0.25, -0.2) is 0 Å². The third-order valence-electron chi connectivity index (χ3n) is 8.87. The van der Waals surface area contributed by atoms with Crippen LogP contribution >= 0.6 is 0 Å². The van der Waals surface area contributed by atoms with Crippen molar-refractivity contribution in [3.05, 3.63) is 115 Å². The molecule has 0 aliphatic carbocycles. The monoisotopic (exact) mass is 466 g/mol. The summed E-state index contributed by atoms with van der Waals surface area (Å²) in [5.41, 5.74) is 12.1. The van der Waals surface area contributed by atoms with Gasteiger partial charge in [0.25, 0.3) is 6.71 Å². The Balaban J connectivity index is 1.56. The molecule has 2 aromatic heterocycles. The van der Waals surface area contributed by atoms with E-state index in [1.807, 2.05) is 0 Å². The fourth-order valence-electron chi connectivity index (χ4n) is 7.56. The smallest absolute Gasteiger partial charge is 0.252 e. The molecule has 37 heavy (non-hydrogen) atoms. The standard InChI is InChI=1S/C34H19BN2/c1-2-10-21-20(9-1)19-30-31-34(21)37-29-18-6-4-12-23(29)25-14-8-16-27(33(25)37)35(31)26-15-7-13-24-22-11-3-5-17-28(22)36(30)32(24)26/h1-19H. The first-order valence-corrected chi connectivity index (χ1v) is 13.0. The molecule has 0 unspecified atom stereocenters. The van der Waals surface area contributed by atoms with Crippen molar-refractivity contribution in [1.29, 1.82) is 0 Å². The summed E-state index contributed by atoms with van der Waals surface area (Å²) in [5, 5.41) is 7.92. The SMILES string of the molecule is c1ccc2c3c4c(cc2c1)-n1c2ccccc2c2cccc(c21)B4c1cccc2c4ccccc4n-3c12. The average Bonchev–Trinajstić information content (AvgIpc) is 3.48. The molecule has 168 valence electrons. The van der Waals surface area contributed by atoms with Gasteiger partial charge >= 0.3 is 0 Å². The second-order valence-corrected chi connectivity index (χ2v) is 10.5. The summed E-state index contributed by atoms with van der Waals surface area (Å²) in [4.78, 5) is 0. The first-order valence-electron chi connectivity index (χ1n) is 13.0. The van der Waals surface area contributed by atoms with Crippen LogP contribution in [0.2, 0.25) is 0 Å². The van der Waals surface area contributed by atoms with E-state index in [4.69, 9.17) is 0 Å². The molecule has 2 aliphatic heterocycles. The number of hydrogen-bond acceptors (Lipinski definition) is 0. The molecule has 0 saturated carbocycles. The van der Waals surface area contributed by atoms with Gasteiger partial charge in [0.2, 0.25) is 0 Å². The Hall–Kier alpha value is -4.76. The molecule has 0 bridgehead atoms. The van der Waals surface area contributed by atoms with Gasteiger partial charge < -0.3 is 9.13 Å². The molecule has 0 saturated heterocycles. The molecular weight excluding hydrogens is 447 g/mol. The van der Waals surface area contributed by atoms with Crippen molar-refractivity contribution in [3.8, 4) is 11.4 Å². The molecule has 3 heteroatoms. The molecule has 4 heterocycles. The summed E-state index contributed by atoms with van der Waals surface area (Å²) >= 11 is 0. The number of fused-ring (bicyclic) bond motifs is 12. The highest BCUT2D eigenvalue weighted by Crippen LogP contribution is 2.40. The van der Waals surface area contributed by atoms with E-state index in [-0.39, 0.29) is 6.71 Å². The Kier molecular flexibility index (Phi) is 3.07. The maximum atomic E-state index is 2.56. The zero-order valence-electron chi connectivity index (χ0n) is 19.9. The van der Waals surface area contributed by atoms with E-state index >= 15 is 0 Å². The van der Waals surface area contributed by atoms with Crippen molar-refractivity contribution in [2.75, 3.05) is 0 Å². The summed E-state index contributed by atoms with van der Waals surface area (Å²) in [6, 6.07) is 43.0. The van der Waals surface area contributed by atoms with Crippen molar-refractivity contribution in [3.63, 3.8) is 0 Å². The quantitative estimate of drug-likeness (QED) is 0.236. The molecule has 0 amide bonds. The van der Waals surface area contributed by atoms with Crippen LogP contribution < -0.4 is 16.4 Å². The van der Waals surface area contributed by atoms with Crippen LogP contribution in [0.3, 0.4) is 0 Å². The van der Waals surface area contributed by atoms with Crippen LogP contribution in [-0.4, -0.2) is 15.8 Å². The second-order valence-electron chi connectivity index (χ2n) is 10.5. The van der Waals surface area contributed by atoms with Gasteiger partial charge in [0.1, 0.15) is 0 Å². The van der Waals surface area contributed by atoms with Gasteiger partial charge in [0.05, 0.1) is 16.7 Å². The third-order valence-corrected chi connectivity index (χ3v) is 8.87. The van der Waals surface area contributed by atoms with E-state index in [9.17, 15) is 0 Å². The number of aromatic nitrogens is 2. The van der Waals surface area contributed by atoms with Gasteiger partial charge in [-0.05, 0) is 40.0 Å². The normalized spacial score (nSPS) is 13.4. The van der Waals surface area contributed by atoms with E-state index in [0.717, 1.165) is 0 Å². The van der Waals surface area contributed by atoms with Gasteiger partial charge in [-0.15, -0.1) is 0 Å². The minimum Gasteiger partial charge on any atom is -0.310 e. The molecule has 2 aliphatic rings. The Morgan fingerprint density at radius 2 is 1.00 bits per heavy atom. The molecular formula is C34H19BN2. The molecule has 8 aromatic rings. The maximum Gasteiger partial charge on any atom is 0.252 e. The zero-order valence-corrected chi connectivity index (χ0v) is 19.9. The topological polar surface area (TPSA) is 9.86 Å². The predicted molar refractivity (Wildman–Crippen MR) is 157 cm³/mol. The van der Waals surface area contributed by atoms with Crippen LogP contribution in [0.5, 0.6) is 0 Å². The highest BCUT2D eigenvalue weighted by molar-refractivity contribution is 7.00. The van der Waals surface area contributed by atoms with Gasteiger partial charge in [-0.1, -0.05) is 97.1 Å². The fraction of sp³-hybridized carbons (Fsp3) is 0. The largest absolute Gasteiger partial charge is 0.310 e. The lowest BCUT2D eigenvalue weighted by molar-refractivity contribution is 1.16. The maximum absolute atomic E-state index is 2.56. The van der Waals surface area contributed by atoms with Crippen LogP contribution in [0.15, 0.2) is 115 Å². The van der Waals surface area contributed by atoms with Crippen molar-refractivity contribution < 1.29 is 0 Å². The number of rotatable bonds is 0. The van der Waals surface area contributed by atoms with Crippen molar-refractivity contribution in [2.45, 2.75) is 0 Å². The summed E-state index contributed by atoms with van der Waals surface area (Å²) in [7, 11) is 0. The number of hydrogen-bond donors (Lipinski definition) is 0. The first kappa shape index (κ1) is 18.5. The van der Waals surface area contributed by atoms with E-state index in [2.05, 4.69) is 124 Å². The molecule has 6 aromatic carbocycles. The van der Waals surface area contributed by atoms with E-state index in [0.29, 0.717) is 0 Å². The van der Waals surface area contributed by atoms with E-state index in [1.54, 1.807) is 0 Å². The Morgan fingerprint density at radius 1 is 0.459 bits per heavy atom. The summed E-state index contributed by atoms with van der Waals surface area (Å²) < 4.78 is 5.10. The van der Waals surface area contributed by atoms with Gasteiger partial charge in [-0.3, -0.25) is 0 Å². The molecule has 0 radical (unpaired) electrons. The lowest BCUT2D eigenvalue weighted by Gasteiger charge is -2.34. The summed E-state index contributed by atoms with van der Waals surface area (Å²) in [6.45, 7) is 0.190. The Morgan fingerprint density at radius 3 is 1.70 bits per heavy atom. The van der Waals surface area contributed by atoms with Crippen molar-refractivity contribution in [1.82, 2.24) is 9.13 Å². The van der Waals surface area contributed by atoms with Crippen LogP contribution in [-0.2, 0) is 0 Å². The van der Waals surface area contributed by atoms with Crippen LogP contribution in [0.1, 0.15) is 0 Å². The predicted octanol–water partition coefficient (Wildman–Crippen LogP) is 6.18. The number of para-hydroxylation sites is 4. The lowest BCUT2D eigenvalue weighted by Crippen LogP contribution is -2.59. The fourth-order valence-corrected chi connectivity index (χ4v) is 7.56. The average molecular weight is 466 g/mol. The highest BCUT2D eigenvalue weighted by atomic mass is 15.0. The van der Waals surface area contributed by atoms with Crippen LogP contribution in [0, 0.1) is 0 Å². The Labute approximate surface area is 213 Å². The van der Waals surface area contributed by atoms with Crippen molar-refractivity contribution >= 4 is 77.5 Å². The van der Waals surface area contributed by atoms with Crippen LogP contribution in [0.25, 0.3) is 65.8 Å². The minimum atomic E-state index is 0.190. The highest BCUT2D eigenvalue weighted by Gasteiger charge is 2.41. The third kappa shape index (κ3) is 1.98. The number of benzene rings is 6. The van der Waals surface area contributed by atoms with Crippen molar-refractivity contribution in [2.24, 2.45) is 0 Å². The molecule has 0 N–H and O–H groups in total. The summed E-state index contributed by atoms with van der Waals surface area (Å²) in [6.07, 6.45) is 0. The van der Waals surface area contributed by atoms with E-state index < -0.39 is 0 Å². The first-order chi connectivity index (χ1) is 18.4. The Bertz CT molecular complexity index is 2320. The molecule has 0 atom stereocenters. The summed E-state index contributed by atoms with van der Waals surface area (Å²) in [5.74, 6) is 0. The molecule has 10 rings (SSSR count). The molecule has 0 fully saturated rings. The second kappa shape index (κ2) is 6.14. The molecule has 2 nitrogen and oxygen atoms in total. The van der Waals surface area contributed by atoms with Gasteiger partial charge in [0.15, 0.2) is 0 Å². The van der Waals surface area contributed by atoms with Gasteiger partial charge in [0, 0.05) is 43.7 Å². The van der Waals surface area contributed by atoms with Gasteiger partial charge in [-0.2, -0.15) is 0 Å². The minimum absolute atomic E-state index is 0.190. The molecule has 0 spiro atoms.